The Balaban J connectivity index is 2.08. The van der Waals surface area contributed by atoms with E-state index in [-0.39, 0.29) is 12.3 Å². The molecule has 4 heteroatoms. The lowest BCUT2D eigenvalue weighted by atomic mass is 10.3. The van der Waals surface area contributed by atoms with Crippen LogP contribution < -0.4 is 5.32 Å². The average molecular weight is 142 g/mol. The quantitative estimate of drug-likeness (QED) is 0.507. The zero-order valence-corrected chi connectivity index (χ0v) is 5.67. The van der Waals surface area contributed by atoms with Crippen LogP contribution in [0.4, 0.5) is 4.79 Å². The number of hydrogen-bond acceptors (Lipinski definition) is 3. The van der Waals surface area contributed by atoms with Gasteiger partial charge in [-0.1, -0.05) is 0 Å². The Bertz CT molecular complexity index is 160. The molecule has 2 heterocycles. The number of carbonyl (C=O) groups excluding carboxylic acids is 1. The van der Waals surface area contributed by atoms with Gasteiger partial charge in [-0.25, -0.2) is 4.79 Å². The predicted octanol–water partition coefficient (Wildman–Crippen LogP) is -0.242. The molecular weight excluding hydrogens is 132 g/mol. The van der Waals surface area contributed by atoms with Gasteiger partial charge in [0.15, 0.2) is 0 Å². The molecule has 0 radical (unpaired) electrons. The Labute approximate surface area is 59.1 Å². The van der Waals surface area contributed by atoms with Crippen molar-refractivity contribution in [2.45, 2.75) is 12.6 Å². The summed E-state index contributed by atoms with van der Waals surface area (Å²) in [7, 11) is 0. The Morgan fingerprint density at radius 2 is 2.60 bits per heavy atom. The fourth-order valence-electron chi connectivity index (χ4n) is 1.38. The molecular formula is C6H10N2O2. The lowest BCUT2D eigenvalue weighted by molar-refractivity contribution is 0.153. The molecule has 0 aromatic rings. The van der Waals surface area contributed by atoms with Crippen LogP contribution >= 0.6 is 0 Å². The summed E-state index contributed by atoms with van der Waals surface area (Å²) in [6, 6.07) is 0. The number of fused-ring (bicyclic) bond motifs is 1. The zero-order chi connectivity index (χ0) is 6.97. The average Bonchev–Trinajstić information content (AvgIpc) is 2.34. The van der Waals surface area contributed by atoms with Crippen molar-refractivity contribution in [3.8, 4) is 0 Å². The minimum atomic E-state index is -0.169. The van der Waals surface area contributed by atoms with E-state index in [0.717, 1.165) is 19.5 Å². The first-order valence-corrected chi connectivity index (χ1v) is 3.55. The van der Waals surface area contributed by atoms with Gasteiger partial charge >= 0.3 is 6.09 Å². The number of carbonyl (C=O) groups is 1. The molecule has 2 rings (SSSR count). The third-order valence-corrected chi connectivity index (χ3v) is 1.93. The van der Waals surface area contributed by atoms with Crippen LogP contribution in [0.5, 0.6) is 0 Å². The fraction of sp³-hybridized carbons (Fsp3) is 0.833. The van der Waals surface area contributed by atoms with Gasteiger partial charge in [-0.3, -0.25) is 10.2 Å². The Morgan fingerprint density at radius 3 is 3.40 bits per heavy atom. The molecule has 1 atom stereocenters. The summed E-state index contributed by atoms with van der Waals surface area (Å²) in [5.74, 6) is 0. The molecule has 0 saturated carbocycles. The number of rotatable bonds is 0. The second kappa shape index (κ2) is 2.12. The molecule has 2 aliphatic heterocycles. The van der Waals surface area contributed by atoms with E-state index in [4.69, 9.17) is 4.74 Å². The normalized spacial score (nSPS) is 31.8. The highest BCUT2D eigenvalue weighted by Gasteiger charge is 2.33. The monoisotopic (exact) mass is 142 g/mol. The van der Waals surface area contributed by atoms with E-state index in [2.05, 4.69) is 5.32 Å². The van der Waals surface area contributed by atoms with Crippen LogP contribution in [0.15, 0.2) is 0 Å². The molecule has 2 aliphatic rings. The highest BCUT2D eigenvalue weighted by Crippen LogP contribution is 2.13. The van der Waals surface area contributed by atoms with Gasteiger partial charge in [0.1, 0.15) is 12.8 Å². The molecule has 10 heavy (non-hydrogen) atoms. The van der Waals surface area contributed by atoms with Crippen molar-refractivity contribution in [1.82, 2.24) is 10.2 Å². The van der Waals surface area contributed by atoms with Gasteiger partial charge in [0.2, 0.25) is 0 Å². The lowest BCUT2D eigenvalue weighted by Gasteiger charge is -2.26. The van der Waals surface area contributed by atoms with Crippen molar-refractivity contribution in [3.05, 3.63) is 0 Å². The van der Waals surface area contributed by atoms with Gasteiger partial charge in [0.05, 0.1) is 0 Å². The first-order chi connectivity index (χ1) is 4.88. The molecule has 0 unspecified atom stereocenters. The molecule has 56 valence electrons. The van der Waals surface area contributed by atoms with Crippen molar-refractivity contribution in [2.75, 3.05) is 19.7 Å². The molecule has 4 nitrogen and oxygen atoms in total. The molecule has 0 bridgehead atoms. The third-order valence-electron chi connectivity index (χ3n) is 1.93. The van der Waals surface area contributed by atoms with E-state index >= 15 is 0 Å². The van der Waals surface area contributed by atoms with Crippen molar-refractivity contribution < 1.29 is 9.53 Å². The second-order valence-corrected chi connectivity index (χ2v) is 2.59. The highest BCUT2D eigenvalue weighted by atomic mass is 16.6. The minimum Gasteiger partial charge on any atom is -0.446 e. The van der Waals surface area contributed by atoms with Gasteiger partial charge in [-0.05, 0) is 13.0 Å². The van der Waals surface area contributed by atoms with Crippen LogP contribution in [-0.2, 0) is 4.74 Å². The summed E-state index contributed by atoms with van der Waals surface area (Å²) >= 11 is 0. The van der Waals surface area contributed by atoms with Crippen molar-refractivity contribution in [1.29, 1.82) is 0 Å². The maximum absolute atomic E-state index is 10.9. The SMILES string of the molecule is O=C1OC[C@H]2NCCCN12. The van der Waals surface area contributed by atoms with Crippen LogP contribution in [0.3, 0.4) is 0 Å². The van der Waals surface area contributed by atoms with E-state index in [1.54, 1.807) is 4.90 Å². The first-order valence-electron chi connectivity index (χ1n) is 3.55. The van der Waals surface area contributed by atoms with Crippen LogP contribution in [0.25, 0.3) is 0 Å². The maximum atomic E-state index is 10.9. The van der Waals surface area contributed by atoms with E-state index < -0.39 is 0 Å². The third kappa shape index (κ3) is 0.759. The minimum absolute atomic E-state index is 0.154. The number of ether oxygens (including phenoxy) is 1. The number of nitrogens with one attached hydrogen (secondary N) is 1. The Hall–Kier alpha value is -0.770. The topological polar surface area (TPSA) is 41.6 Å². The summed E-state index contributed by atoms with van der Waals surface area (Å²) in [4.78, 5) is 12.6. The molecule has 1 amide bonds. The van der Waals surface area contributed by atoms with Crippen molar-refractivity contribution >= 4 is 6.09 Å². The molecule has 0 spiro atoms. The number of hydrogen-bond donors (Lipinski definition) is 1. The number of cyclic esters (lactones) is 1. The fourth-order valence-corrected chi connectivity index (χ4v) is 1.38. The van der Waals surface area contributed by atoms with E-state index in [9.17, 15) is 4.79 Å². The summed E-state index contributed by atoms with van der Waals surface area (Å²) in [6.07, 6.45) is 1.02. The Kier molecular flexibility index (Phi) is 1.27. The van der Waals surface area contributed by atoms with Gasteiger partial charge in [-0.2, -0.15) is 0 Å². The van der Waals surface area contributed by atoms with Gasteiger partial charge < -0.3 is 4.74 Å². The number of amides is 1. The molecule has 0 aliphatic carbocycles. The van der Waals surface area contributed by atoms with E-state index in [1.807, 2.05) is 0 Å². The van der Waals surface area contributed by atoms with Crippen LogP contribution in [0.2, 0.25) is 0 Å². The van der Waals surface area contributed by atoms with Gasteiger partial charge in [0.25, 0.3) is 0 Å². The highest BCUT2D eigenvalue weighted by molar-refractivity contribution is 5.70. The van der Waals surface area contributed by atoms with Gasteiger partial charge in [-0.15, -0.1) is 0 Å². The molecule has 2 fully saturated rings. The smallest absolute Gasteiger partial charge is 0.411 e. The summed E-state index contributed by atoms with van der Waals surface area (Å²) < 4.78 is 4.82. The first kappa shape index (κ1) is 5.97. The summed E-state index contributed by atoms with van der Waals surface area (Å²) in [5.41, 5.74) is 0. The Morgan fingerprint density at radius 1 is 1.70 bits per heavy atom. The molecule has 0 aromatic heterocycles. The maximum Gasteiger partial charge on any atom is 0.411 e. The van der Waals surface area contributed by atoms with E-state index in [1.165, 1.54) is 0 Å². The summed E-state index contributed by atoms with van der Waals surface area (Å²) in [5, 5.41) is 3.19. The molecule has 0 aromatic carbocycles. The van der Waals surface area contributed by atoms with Crippen LogP contribution in [-0.4, -0.2) is 36.9 Å². The van der Waals surface area contributed by atoms with E-state index in [0.29, 0.717) is 6.61 Å². The molecule has 1 N–H and O–H groups in total. The van der Waals surface area contributed by atoms with Crippen LogP contribution in [0.1, 0.15) is 6.42 Å². The zero-order valence-electron chi connectivity index (χ0n) is 5.67. The number of nitrogens with zero attached hydrogens (tertiary/aromatic N) is 1. The largest absolute Gasteiger partial charge is 0.446 e. The predicted molar refractivity (Wildman–Crippen MR) is 34.5 cm³/mol. The summed E-state index contributed by atoms with van der Waals surface area (Å²) in [6.45, 7) is 2.35. The molecule has 2 saturated heterocycles. The van der Waals surface area contributed by atoms with Crippen LogP contribution in [0, 0.1) is 0 Å². The van der Waals surface area contributed by atoms with Crippen molar-refractivity contribution in [2.24, 2.45) is 0 Å². The lowest BCUT2D eigenvalue weighted by Crippen LogP contribution is -2.49. The standard InChI is InChI=1S/C6H10N2O2/c9-6-8-3-1-2-7-5(8)4-10-6/h5,7H,1-4H2/t5-/m0/s1. The second-order valence-electron chi connectivity index (χ2n) is 2.59. The van der Waals surface area contributed by atoms with Crippen molar-refractivity contribution in [3.63, 3.8) is 0 Å². The van der Waals surface area contributed by atoms with Gasteiger partial charge in [0, 0.05) is 6.54 Å².